The molecule has 1 aromatic rings. The minimum Gasteiger partial charge on any atom is -0.192 e. The molecule has 104 valence electrons. The maximum Gasteiger partial charge on any atom is 0.0856 e. The zero-order valence-electron chi connectivity index (χ0n) is 11.8. The van der Waals surface area contributed by atoms with Gasteiger partial charge in [0.2, 0.25) is 0 Å². The fourth-order valence-corrected chi connectivity index (χ4v) is 2.49. The summed E-state index contributed by atoms with van der Waals surface area (Å²) in [5.74, 6) is 0.362. The average Bonchev–Trinajstić information content (AvgIpc) is 2.55. The summed E-state index contributed by atoms with van der Waals surface area (Å²) < 4.78 is 0. The third-order valence-corrected chi connectivity index (χ3v) is 3.50. The lowest BCUT2D eigenvalue weighted by molar-refractivity contribution is 0.569. The second-order valence-electron chi connectivity index (χ2n) is 4.84. The Kier molecular flexibility index (Phi) is 3.96. The topological polar surface area (TPSA) is 49.4 Å². The number of nitrogens with zero attached hydrogens (tertiary/aromatic N) is 4. The molecule has 4 nitrogen and oxygen atoms in total. The number of benzene rings is 1. The highest BCUT2D eigenvalue weighted by atomic mass is 15.1. The molecule has 0 radical (unpaired) electrons. The lowest BCUT2D eigenvalue weighted by atomic mass is 9.81. The summed E-state index contributed by atoms with van der Waals surface area (Å²) in [6.45, 7) is 0. The summed E-state index contributed by atoms with van der Waals surface area (Å²) in [4.78, 5) is 0. The first-order valence-electron chi connectivity index (χ1n) is 6.92. The number of hydrogen-bond donors (Lipinski definition) is 0. The quantitative estimate of drug-likeness (QED) is 0.698. The Balaban J connectivity index is 1.89. The molecule has 3 rings (SSSR count). The molecule has 0 saturated heterocycles. The predicted molar refractivity (Wildman–Crippen MR) is 83.2 cm³/mol. The van der Waals surface area contributed by atoms with E-state index in [9.17, 15) is 0 Å². The van der Waals surface area contributed by atoms with Crippen LogP contribution >= 0.6 is 0 Å². The molecule has 2 aliphatic rings. The van der Waals surface area contributed by atoms with Gasteiger partial charge in [0.15, 0.2) is 0 Å². The molecule has 0 aliphatic heterocycles. The van der Waals surface area contributed by atoms with Crippen LogP contribution in [0.2, 0.25) is 0 Å². The number of rotatable bonds is 3. The molecule has 0 N–H and O–H groups in total. The van der Waals surface area contributed by atoms with E-state index >= 15 is 0 Å². The Morgan fingerprint density at radius 2 is 1.38 bits per heavy atom. The van der Waals surface area contributed by atoms with Crippen molar-refractivity contribution in [1.82, 2.24) is 0 Å². The third kappa shape index (κ3) is 2.94. The van der Waals surface area contributed by atoms with Crippen molar-refractivity contribution in [2.45, 2.75) is 0 Å². The van der Waals surface area contributed by atoms with Crippen LogP contribution in [0, 0.1) is 11.8 Å². The molecule has 0 bridgehead atoms. The first kappa shape index (κ1) is 13.4. The van der Waals surface area contributed by atoms with Crippen molar-refractivity contribution in [3.05, 3.63) is 78.2 Å². The van der Waals surface area contributed by atoms with E-state index in [0.29, 0.717) is 0 Å². The summed E-state index contributed by atoms with van der Waals surface area (Å²) in [7, 11) is 1.69. The van der Waals surface area contributed by atoms with Gasteiger partial charge in [-0.3, -0.25) is 0 Å². The molecular weight excluding hydrogens is 260 g/mol. The second-order valence-corrected chi connectivity index (χ2v) is 4.84. The van der Waals surface area contributed by atoms with Gasteiger partial charge in [0.1, 0.15) is 0 Å². The molecule has 0 fully saturated rings. The Hall–Kier alpha value is -2.62. The molecule has 2 aliphatic carbocycles. The molecule has 0 saturated carbocycles. The van der Waals surface area contributed by atoms with Crippen LogP contribution in [0.1, 0.15) is 0 Å². The van der Waals surface area contributed by atoms with Crippen molar-refractivity contribution in [3.63, 3.8) is 0 Å². The minimum atomic E-state index is 0.174. The molecule has 21 heavy (non-hydrogen) atoms. The van der Waals surface area contributed by atoms with Crippen LogP contribution in [0.4, 0.5) is 5.69 Å². The Labute approximate surface area is 124 Å². The van der Waals surface area contributed by atoms with Gasteiger partial charge in [-0.25, -0.2) is 0 Å². The first-order valence-corrected chi connectivity index (χ1v) is 6.92. The summed E-state index contributed by atoms with van der Waals surface area (Å²) in [6, 6.07) is 9.75. The number of hydrogen-bond acceptors (Lipinski definition) is 4. The Bertz CT molecular complexity index is 678. The van der Waals surface area contributed by atoms with E-state index in [1.165, 1.54) is 0 Å². The van der Waals surface area contributed by atoms with Gasteiger partial charge in [-0.05, 0) is 24.3 Å². The summed E-state index contributed by atoms with van der Waals surface area (Å²) >= 11 is 0. The molecule has 2 unspecified atom stereocenters. The smallest absolute Gasteiger partial charge is 0.0856 e. The van der Waals surface area contributed by atoms with Crippen LogP contribution in [0.15, 0.2) is 98.6 Å². The molecule has 0 heterocycles. The van der Waals surface area contributed by atoms with Crippen molar-refractivity contribution in [3.8, 4) is 0 Å². The van der Waals surface area contributed by atoms with Gasteiger partial charge in [-0.1, -0.05) is 42.5 Å². The Morgan fingerprint density at radius 3 is 2.00 bits per heavy atom. The van der Waals surface area contributed by atoms with Crippen molar-refractivity contribution >= 4 is 5.69 Å². The fourth-order valence-electron chi connectivity index (χ4n) is 2.49. The van der Waals surface area contributed by atoms with Crippen LogP contribution in [0.25, 0.3) is 0 Å². The largest absolute Gasteiger partial charge is 0.192 e. The molecule has 1 aromatic carbocycles. The highest BCUT2D eigenvalue weighted by Crippen LogP contribution is 2.37. The average molecular weight is 276 g/mol. The van der Waals surface area contributed by atoms with Gasteiger partial charge >= 0.3 is 0 Å². The molecule has 0 aromatic heterocycles. The maximum absolute atomic E-state index is 4.42. The zero-order chi connectivity index (χ0) is 14.5. The molecule has 0 amide bonds. The summed E-state index contributed by atoms with van der Waals surface area (Å²) in [5.41, 5.74) is 2.76. The van der Waals surface area contributed by atoms with E-state index in [0.717, 1.165) is 17.1 Å². The van der Waals surface area contributed by atoms with E-state index < -0.39 is 0 Å². The second kappa shape index (κ2) is 6.22. The number of fused-ring (bicyclic) bond motifs is 1. The van der Waals surface area contributed by atoms with Crippen LogP contribution < -0.4 is 0 Å². The first-order chi connectivity index (χ1) is 10.4. The Morgan fingerprint density at radius 1 is 0.762 bits per heavy atom. The highest BCUT2D eigenvalue weighted by Gasteiger charge is 2.28. The molecule has 4 heteroatoms. The van der Waals surface area contributed by atoms with Crippen molar-refractivity contribution in [2.24, 2.45) is 32.3 Å². The normalized spacial score (nSPS) is 24.2. The molecule has 0 spiro atoms. The van der Waals surface area contributed by atoms with Gasteiger partial charge in [0.25, 0.3) is 0 Å². The van der Waals surface area contributed by atoms with Gasteiger partial charge in [-0.2, -0.15) is 20.5 Å². The lowest BCUT2D eigenvalue weighted by Crippen LogP contribution is -2.18. The summed E-state index contributed by atoms with van der Waals surface area (Å²) in [6.07, 6.45) is 12.3. The van der Waals surface area contributed by atoms with Crippen LogP contribution in [-0.4, -0.2) is 7.05 Å². The SMILES string of the molecule is CN=NC1=CC=C(N=Nc2ccccc2)C2C=CC=CC12. The van der Waals surface area contributed by atoms with Crippen LogP contribution in [0.5, 0.6) is 0 Å². The number of allylic oxidation sites excluding steroid dienone is 6. The monoisotopic (exact) mass is 276 g/mol. The predicted octanol–water partition coefficient (Wildman–Crippen LogP) is 4.99. The third-order valence-electron chi connectivity index (χ3n) is 3.50. The standard InChI is InChI=1S/C17H16N4/c1-18-20-16-11-12-17(15-10-6-5-9-14(15)16)21-19-13-7-3-2-4-8-13/h2-12,14-15H,1H3. The van der Waals surface area contributed by atoms with Crippen molar-refractivity contribution in [1.29, 1.82) is 0 Å². The summed E-state index contributed by atoms with van der Waals surface area (Å²) in [5, 5.41) is 16.8. The van der Waals surface area contributed by atoms with E-state index in [-0.39, 0.29) is 11.8 Å². The lowest BCUT2D eigenvalue weighted by Gasteiger charge is -2.26. The number of azo groups is 2. The zero-order valence-corrected chi connectivity index (χ0v) is 11.8. The maximum atomic E-state index is 4.42. The highest BCUT2D eigenvalue weighted by molar-refractivity contribution is 5.39. The van der Waals surface area contributed by atoms with E-state index in [2.05, 4.69) is 32.6 Å². The van der Waals surface area contributed by atoms with Crippen molar-refractivity contribution < 1.29 is 0 Å². The minimum absolute atomic E-state index is 0.174. The van der Waals surface area contributed by atoms with Gasteiger partial charge in [-0.15, -0.1) is 0 Å². The van der Waals surface area contributed by atoms with E-state index in [1.54, 1.807) is 7.05 Å². The van der Waals surface area contributed by atoms with E-state index in [4.69, 9.17) is 0 Å². The van der Waals surface area contributed by atoms with E-state index in [1.807, 2.05) is 54.6 Å². The van der Waals surface area contributed by atoms with Crippen molar-refractivity contribution in [2.75, 3.05) is 7.05 Å². The van der Waals surface area contributed by atoms with Gasteiger partial charge < -0.3 is 0 Å². The molecule has 2 atom stereocenters. The van der Waals surface area contributed by atoms with Gasteiger partial charge in [0.05, 0.1) is 17.1 Å². The fraction of sp³-hybridized carbons (Fsp3) is 0.176. The van der Waals surface area contributed by atoms with Crippen LogP contribution in [0.3, 0.4) is 0 Å². The van der Waals surface area contributed by atoms with Gasteiger partial charge in [0, 0.05) is 18.9 Å². The van der Waals surface area contributed by atoms with Crippen LogP contribution in [-0.2, 0) is 0 Å². The molecular formula is C17H16N4.